The van der Waals surface area contributed by atoms with Crippen molar-refractivity contribution in [1.29, 1.82) is 0 Å². The fourth-order valence-electron chi connectivity index (χ4n) is 0.916. The van der Waals surface area contributed by atoms with E-state index in [9.17, 15) is 0 Å². The van der Waals surface area contributed by atoms with E-state index in [0.717, 1.165) is 22.3 Å². The summed E-state index contributed by atoms with van der Waals surface area (Å²) in [4.78, 5) is 0. The van der Waals surface area contributed by atoms with E-state index in [1.165, 1.54) is 0 Å². The average Bonchev–Trinajstić information content (AvgIpc) is 2.11. The number of alkyl halides is 1. The molecule has 0 aliphatic rings. The van der Waals surface area contributed by atoms with E-state index >= 15 is 0 Å². The maximum atomic E-state index is 5.95. The SMILES string of the molecule is Clc1ccc(Cl)c(/C=C/CCBr)c1. The molecule has 0 unspecified atom stereocenters. The van der Waals surface area contributed by atoms with Gasteiger partial charge in [0, 0.05) is 15.4 Å². The van der Waals surface area contributed by atoms with Gasteiger partial charge in [0.05, 0.1) is 0 Å². The highest BCUT2D eigenvalue weighted by Gasteiger charge is 1.96. The Bertz CT molecular complexity index is 308. The van der Waals surface area contributed by atoms with E-state index in [1.54, 1.807) is 12.1 Å². The summed E-state index contributed by atoms with van der Waals surface area (Å²) in [6.45, 7) is 0. The molecule has 70 valence electrons. The molecule has 0 amide bonds. The average molecular weight is 280 g/mol. The van der Waals surface area contributed by atoms with Gasteiger partial charge in [-0.3, -0.25) is 0 Å². The van der Waals surface area contributed by atoms with Crippen molar-refractivity contribution >= 4 is 45.2 Å². The lowest BCUT2D eigenvalue weighted by Gasteiger charge is -1.98. The second-order valence-corrected chi connectivity index (χ2v) is 4.18. The van der Waals surface area contributed by atoms with Crippen LogP contribution in [0.15, 0.2) is 24.3 Å². The van der Waals surface area contributed by atoms with Gasteiger partial charge in [0.15, 0.2) is 0 Å². The van der Waals surface area contributed by atoms with Gasteiger partial charge in [0.25, 0.3) is 0 Å². The van der Waals surface area contributed by atoms with Crippen LogP contribution in [0.2, 0.25) is 10.0 Å². The van der Waals surface area contributed by atoms with Gasteiger partial charge in [0.2, 0.25) is 0 Å². The molecule has 0 aliphatic carbocycles. The molecule has 0 nitrogen and oxygen atoms in total. The Morgan fingerprint density at radius 1 is 1.31 bits per heavy atom. The van der Waals surface area contributed by atoms with Gasteiger partial charge in [-0.15, -0.1) is 0 Å². The second-order valence-electron chi connectivity index (χ2n) is 2.55. The zero-order chi connectivity index (χ0) is 9.68. The number of allylic oxidation sites excluding steroid dienone is 1. The van der Waals surface area contributed by atoms with Crippen molar-refractivity contribution < 1.29 is 0 Å². The molecule has 0 radical (unpaired) electrons. The lowest BCUT2D eigenvalue weighted by atomic mass is 10.2. The van der Waals surface area contributed by atoms with Crippen LogP contribution in [0.4, 0.5) is 0 Å². The highest BCUT2D eigenvalue weighted by Crippen LogP contribution is 2.21. The van der Waals surface area contributed by atoms with Crippen LogP contribution in [0.25, 0.3) is 6.08 Å². The first-order valence-electron chi connectivity index (χ1n) is 3.91. The van der Waals surface area contributed by atoms with E-state index < -0.39 is 0 Å². The number of hydrogen-bond acceptors (Lipinski definition) is 0. The lowest BCUT2D eigenvalue weighted by molar-refractivity contribution is 1.27. The van der Waals surface area contributed by atoms with Crippen LogP contribution >= 0.6 is 39.1 Å². The molecule has 0 fully saturated rings. The first-order valence-corrected chi connectivity index (χ1v) is 5.79. The smallest absolute Gasteiger partial charge is 0.0479 e. The molecular formula is C10H9BrCl2. The fraction of sp³-hybridized carbons (Fsp3) is 0.200. The van der Waals surface area contributed by atoms with E-state index in [-0.39, 0.29) is 0 Å². The topological polar surface area (TPSA) is 0 Å². The van der Waals surface area contributed by atoms with Crippen LogP contribution in [0.5, 0.6) is 0 Å². The van der Waals surface area contributed by atoms with Gasteiger partial charge in [-0.05, 0) is 30.2 Å². The van der Waals surface area contributed by atoms with Crippen molar-refractivity contribution in [2.45, 2.75) is 6.42 Å². The number of hydrogen-bond donors (Lipinski definition) is 0. The third-order valence-corrected chi connectivity index (χ3v) is 2.57. The Balaban J connectivity index is 2.81. The van der Waals surface area contributed by atoms with Crippen molar-refractivity contribution in [2.24, 2.45) is 0 Å². The molecule has 1 aromatic rings. The van der Waals surface area contributed by atoms with Gasteiger partial charge in [-0.1, -0.05) is 51.3 Å². The minimum absolute atomic E-state index is 0.711. The van der Waals surface area contributed by atoms with Crippen LogP contribution in [0.1, 0.15) is 12.0 Å². The number of rotatable bonds is 3. The third kappa shape index (κ3) is 3.72. The third-order valence-electron chi connectivity index (χ3n) is 1.53. The molecule has 0 N–H and O–H groups in total. The van der Waals surface area contributed by atoms with Crippen LogP contribution in [-0.2, 0) is 0 Å². The van der Waals surface area contributed by atoms with Crippen LogP contribution in [0.3, 0.4) is 0 Å². The quantitative estimate of drug-likeness (QED) is 0.698. The maximum Gasteiger partial charge on any atom is 0.0479 e. The van der Waals surface area contributed by atoms with Crippen molar-refractivity contribution in [3.05, 3.63) is 39.9 Å². The van der Waals surface area contributed by atoms with E-state index in [0.29, 0.717) is 5.02 Å². The Kier molecular flexibility index (Phi) is 4.86. The van der Waals surface area contributed by atoms with E-state index in [1.807, 2.05) is 12.1 Å². The number of halogens is 3. The second kappa shape index (κ2) is 5.69. The normalized spacial score (nSPS) is 11.0. The largest absolute Gasteiger partial charge is 0.0925 e. The Hall–Kier alpha value is 0.0200. The van der Waals surface area contributed by atoms with Gasteiger partial charge >= 0.3 is 0 Å². The maximum absolute atomic E-state index is 5.95. The summed E-state index contributed by atoms with van der Waals surface area (Å²) in [6, 6.07) is 5.44. The lowest BCUT2D eigenvalue weighted by Crippen LogP contribution is -1.75. The van der Waals surface area contributed by atoms with Gasteiger partial charge in [-0.25, -0.2) is 0 Å². The van der Waals surface area contributed by atoms with E-state index in [2.05, 4.69) is 22.0 Å². The molecule has 0 atom stereocenters. The zero-order valence-electron chi connectivity index (χ0n) is 6.93. The van der Waals surface area contributed by atoms with Gasteiger partial charge < -0.3 is 0 Å². The molecule has 0 saturated heterocycles. The summed E-state index contributed by atoms with van der Waals surface area (Å²) < 4.78 is 0. The van der Waals surface area contributed by atoms with Crippen LogP contribution in [0, 0.1) is 0 Å². The molecule has 1 rings (SSSR count). The first-order chi connectivity index (χ1) is 6.24. The van der Waals surface area contributed by atoms with Crippen LogP contribution in [-0.4, -0.2) is 5.33 Å². The number of benzene rings is 1. The molecule has 1 aromatic carbocycles. The summed E-state index contributed by atoms with van der Waals surface area (Å²) in [7, 11) is 0. The van der Waals surface area contributed by atoms with Gasteiger partial charge in [0.1, 0.15) is 0 Å². The minimum Gasteiger partial charge on any atom is -0.0925 e. The zero-order valence-corrected chi connectivity index (χ0v) is 10.0. The van der Waals surface area contributed by atoms with Crippen molar-refractivity contribution in [2.75, 3.05) is 5.33 Å². The molecule has 3 heteroatoms. The summed E-state index contributed by atoms with van der Waals surface area (Å²) in [5.74, 6) is 0. The van der Waals surface area contributed by atoms with Crippen molar-refractivity contribution in [3.63, 3.8) is 0 Å². The molecule has 0 aromatic heterocycles. The van der Waals surface area contributed by atoms with Gasteiger partial charge in [-0.2, -0.15) is 0 Å². The standard InChI is InChI=1S/C10H9BrCl2/c11-6-2-1-3-8-7-9(12)4-5-10(8)13/h1,3-5,7H,2,6H2/b3-1+. The Morgan fingerprint density at radius 2 is 2.08 bits per heavy atom. The first kappa shape index (κ1) is 11.1. The molecular weight excluding hydrogens is 271 g/mol. The Labute approximate surface area is 96.7 Å². The van der Waals surface area contributed by atoms with Crippen molar-refractivity contribution in [1.82, 2.24) is 0 Å². The fourth-order valence-corrected chi connectivity index (χ4v) is 1.54. The highest BCUT2D eigenvalue weighted by molar-refractivity contribution is 9.09. The Morgan fingerprint density at radius 3 is 2.77 bits per heavy atom. The summed E-state index contributed by atoms with van der Waals surface area (Å²) >= 11 is 15.1. The molecule has 0 saturated carbocycles. The summed E-state index contributed by atoms with van der Waals surface area (Å²) in [6.07, 6.45) is 5.03. The minimum atomic E-state index is 0.711. The highest BCUT2D eigenvalue weighted by atomic mass is 79.9. The monoisotopic (exact) mass is 278 g/mol. The molecule has 0 spiro atoms. The molecule has 0 aliphatic heterocycles. The van der Waals surface area contributed by atoms with Crippen LogP contribution < -0.4 is 0 Å². The summed E-state index contributed by atoms with van der Waals surface area (Å²) in [5, 5.41) is 2.40. The van der Waals surface area contributed by atoms with E-state index in [4.69, 9.17) is 23.2 Å². The summed E-state index contributed by atoms with van der Waals surface area (Å²) in [5.41, 5.74) is 0.968. The molecule has 0 bridgehead atoms. The molecule has 13 heavy (non-hydrogen) atoms. The molecule has 0 heterocycles. The van der Waals surface area contributed by atoms with Crippen molar-refractivity contribution in [3.8, 4) is 0 Å². The predicted octanol–water partition coefficient (Wildman–Crippen LogP) is 4.79. The predicted molar refractivity (Wildman–Crippen MR) is 63.9 cm³/mol.